The van der Waals surface area contributed by atoms with Gasteiger partial charge in [0.25, 0.3) is 0 Å². The number of carbonyl (C=O) groups excluding carboxylic acids is 1. The normalized spacial score (nSPS) is 25.2. The van der Waals surface area contributed by atoms with Gasteiger partial charge in [0.2, 0.25) is 5.91 Å². The number of hydrogen-bond acceptors (Lipinski definition) is 2. The van der Waals surface area contributed by atoms with E-state index in [0.717, 1.165) is 31.7 Å². The number of nitrogens with two attached hydrogens (primary N) is 1. The van der Waals surface area contributed by atoms with Gasteiger partial charge in [-0.15, -0.1) is 0 Å². The summed E-state index contributed by atoms with van der Waals surface area (Å²) < 4.78 is 38.8. The van der Waals surface area contributed by atoms with Crippen LogP contribution in [0.2, 0.25) is 0 Å². The second-order valence-corrected chi connectivity index (χ2v) is 6.50. The van der Waals surface area contributed by atoms with Gasteiger partial charge in [0, 0.05) is 12.1 Å². The monoisotopic (exact) mass is 328 g/mol. The molecule has 6 heteroatoms. The van der Waals surface area contributed by atoms with Crippen molar-refractivity contribution in [1.82, 2.24) is 5.32 Å². The fourth-order valence-electron chi connectivity index (χ4n) is 3.25. The van der Waals surface area contributed by atoms with E-state index in [1.807, 2.05) is 6.92 Å². The molecule has 0 radical (unpaired) electrons. The first-order valence-electron chi connectivity index (χ1n) is 7.93. The number of nitrogens with one attached hydrogen (secondary N) is 1. The van der Waals surface area contributed by atoms with Gasteiger partial charge in [0.05, 0.1) is 11.5 Å². The Bertz CT molecular complexity index is 555. The molecule has 1 aromatic rings. The summed E-state index contributed by atoms with van der Waals surface area (Å²) in [5.41, 5.74) is 5.19. The van der Waals surface area contributed by atoms with E-state index in [2.05, 4.69) is 5.32 Å². The maximum Gasteiger partial charge on any atom is 0.416 e. The second kappa shape index (κ2) is 6.91. The fourth-order valence-corrected chi connectivity index (χ4v) is 3.25. The summed E-state index contributed by atoms with van der Waals surface area (Å²) in [6.45, 7) is 2.05. The molecule has 1 amide bonds. The molecule has 0 aromatic heterocycles. The molecule has 2 unspecified atom stereocenters. The summed E-state index contributed by atoms with van der Waals surface area (Å²) in [4.78, 5) is 12.3. The van der Waals surface area contributed by atoms with E-state index >= 15 is 0 Å². The molecule has 0 heterocycles. The Morgan fingerprint density at radius 3 is 2.70 bits per heavy atom. The molecule has 0 spiro atoms. The van der Waals surface area contributed by atoms with Crippen LogP contribution in [0, 0.1) is 5.92 Å². The number of benzene rings is 1. The Labute approximate surface area is 134 Å². The van der Waals surface area contributed by atoms with E-state index in [4.69, 9.17) is 5.73 Å². The topological polar surface area (TPSA) is 55.1 Å². The highest BCUT2D eigenvalue weighted by molar-refractivity contribution is 5.80. The molecule has 0 bridgehead atoms. The highest BCUT2D eigenvalue weighted by Crippen LogP contribution is 2.33. The lowest BCUT2D eigenvalue weighted by Gasteiger charge is -2.37. The average molecular weight is 328 g/mol. The SMILES string of the molecule is CC1(N)CCCCC1C(=O)NCCc1ccccc1C(F)(F)F. The summed E-state index contributed by atoms with van der Waals surface area (Å²) in [6.07, 6.45) is -0.729. The van der Waals surface area contributed by atoms with E-state index in [9.17, 15) is 18.0 Å². The number of amides is 1. The van der Waals surface area contributed by atoms with E-state index in [1.54, 1.807) is 6.07 Å². The summed E-state index contributed by atoms with van der Waals surface area (Å²) >= 11 is 0. The van der Waals surface area contributed by atoms with Crippen molar-refractivity contribution in [2.24, 2.45) is 11.7 Å². The summed E-state index contributed by atoms with van der Waals surface area (Å²) in [5, 5.41) is 2.75. The quantitative estimate of drug-likeness (QED) is 0.891. The maximum atomic E-state index is 12.9. The van der Waals surface area contributed by atoms with Crippen molar-refractivity contribution in [1.29, 1.82) is 0 Å². The minimum atomic E-state index is -4.38. The average Bonchev–Trinajstić information content (AvgIpc) is 2.46. The lowest BCUT2D eigenvalue weighted by Crippen LogP contribution is -2.53. The Kier molecular flexibility index (Phi) is 5.34. The van der Waals surface area contributed by atoms with Crippen molar-refractivity contribution in [2.75, 3.05) is 6.54 Å². The lowest BCUT2D eigenvalue weighted by atomic mass is 9.74. The number of halogens is 3. The first kappa shape index (κ1) is 17.8. The van der Waals surface area contributed by atoms with E-state index in [1.165, 1.54) is 12.1 Å². The van der Waals surface area contributed by atoms with Gasteiger partial charge in [0.1, 0.15) is 0 Å². The van der Waals surface area contributed by atoms with Crippen molar-refractivity contribution in [3.8, 4) is 0 Å². The predicted octanol–water partition coefficient (Wildman–Crippen LogP) is 3.27. The van der Waals surface area contributed by atoms with Crippen LogP contribution in [0.5, 0.6) is 0 Å². The summed E-state index contributed by atoms with van der Waals surface area (Å²) in [7, 11) is 0. The number of alkyl halides is 3. The molecule has 128 valence electrons. The molecule has 1 fully saturated rings. The Balaban J connectivity index is 1.94. The van der Waals surface area contributed by atoms with Gasteiger partial charge < -0.3 is 11.1 Å². The largest absolute Gasteiger partial charge is 0.416 e. The van der Waals surface area contributed by atoms with E-state index < -0.39 is 17.3 Å². The maximum absolute atomic E-state index is 12.9. The van der Waals surface area contributed by atoms with Gasteiger partial charge in [-0.25, -0.2) is 0 Å². The minimum absolute atomic E-state index is 0.148. The molecule has 2 atom stereocenters. The van der Waals surface area contributed by atoms with E-state index in [-0.39, 0.29) is 30.4 Å². The standard InChI is InChI=1S/C17H23F3N2O/c1-16(21)10-5-4-8-14(16)15(23)22-11-9-12-6-2-3-7-13(12)17(18,19)20/h2-3,6-7,14H,4-5,8-11,21H2,1H3,(H,22,23). The van der Waals surface area contributed by atoms with Gasteiger partial charge >= 0.3 is 6.18 Å². The zero-order chi connectivity index (χ0) is 17.1. The molecule has 0 aliphatic heterocycles. The van der Waals surface area contributed by atoms with Crippen LogP contribution in [0.15, 0.2) is 24.3 Å². The zero-order valence-corrected chi connectivity index (χ0v) is 13.2. The van der Waals surface area contributed by atoms with Gasteiger partial charge in [-0.05, 0) is 37.8 Å². The van der Waals surface area contributed by atoms with E-state index in [0.29, 0.717) is 0 Å². The molecule has 1 aliphatic rings. The Morgan fingerprint density at radius 2 is 2.04 bits per heavy atom. The smallest absolute Gasteiger partial charge is 0.355 e. The van der Waals surface area contributed by atoms with Gasteiger partial charge in [0.15, 0.2) is 0 Å². The van der Waals surface area contributed by atoms with Crippen LogP contribution < -0.4 is 11.1 Å². The molecule has 3 N–H and O–H groups in total. The molecule has 1 aliphatic carbocycles. The van der Waals surface area contributed by atoms with Crippen LogP contribution in [0.4, 0.5) is 13.2 Å². The minimum Gasteiger partial charge on any atom is -0.355 e. The summed E-state index contributed by atoms with van der Waals surface area (Å²) in [6, 6.07) is 5.45. The molecule has 0 saturated heterocycles. The van der Waals surface area contributed by atoms with Gasteiger partial charge in [-0.3, -0.25) is 4.79 Å². The molecular weight excluding hydrogens is 305 g/mol. The number of hydrogen-bond donors (Lipinski definition) is 2. The molecular formula is C17H23F3N2O. The highest BCUT2D eigenvalue weighted by atomic mass is 19.4. The fraction of sp³-hybridized carbons (Fsp3) is 0.588. The van der Waals surface area contributed by atoms with Crippen LogP contribution >= 0.6 is 0 Å². The van der Waals surface area contributed by atoms with Gasteiger partial charge in [-0.1, -0.05) is 31.0 Å². The number of carbonyl (C=O) groups is 1. The van der Waals surface area contributed by atoms with Crippen molar-refractivity contribution >= 4 is 5.91 Å². The molecule has 2 rings (SSSR count). The van der Waals surface area contributed by atoms with Crippen molar-refractivity contribution in [2.45, 2.75) is 50.7 Å². The third-order valence-corrected chi connectivity index (χ3v) is 4.59. The van der Waals surface area contributed by atoms with Crippen LogP contribution in [-0.2, 0) is 17.4 Å². The van der Waals surface area contributed by atoms with Crippen LogP contribution in [0.3, 0.4) is 0 Å². The molecule has 1 aromatic carbocycles. The third-order valence-electron chi connectivity index (χ3n) is 4.59. The second-order valence-electron chi connectivity index (χ2n) is 6.50. The summed E-state index contributed by atoms with van der Waals surface area (Å²) in [5.74, 6) is -0.423. The Morgan fingerprint density at radius 1 is 1.35 bits per heavy atom. The lowest BCUT2D eigenvalue weighted by molar-refractivity contribution is -0.138. The van der Waals surface area contributed by atoms with Crippen LogP contribution in [0.1, 0.15) is 43.7 Å². The number of rotatable bonds is 4. The molecule has 23 heavy (non-hydrogen) atoms. The predicted molar refractivity (Wildman–Crippen MR) is 82.7 cm³/mol. The Hall–Kier alpha value is -1.56. The zero-order valence-electron chi connectivity index (χ0n) is 13.2. The van der Waals surface area contributed by atoms with Crippen molar-refractivity contribution < 1.29 is 18.0 Å². The van der Waals surface area contributed by atoms with Crippen LogP contribution in [-0.4, -0.2) is 18.0 Å². The first-order chi connectivity index (χ1) is 10.7. The molecule has 3 nitrogen and oxygen atoms in total. The van der Waals surface area contributed by atoms with Crippen LogP contribution in [0.25, 0.3) is 0 Å². The highest BCUT2D eigenvalue weighted by Gasteiger charge is 2.37. The first-order valence-corrected chi connectivity index (χ1v) is 7.93. The van der Waals surface area contributed by atoms with Gasteiger partial charge in [-0.2, -0.15) is 13.2 Å². The third kappa shape index (κ3) is 4.47. The van der Waals surface area contributed by atoms with Crippen molar-refractivity contribution in [3.05, 3.63) is 35.4 Å². The van der Waals surface area contributed by atoms with Crippen molar-refractivity contribution in [3.63, 3.8) is 0 Å². The molecule has 1 saturated carbocycles.